The molecule has 1 saturated heterocycles. The van der Waals surface area contributed by atoms with Gasteiger partial charge in [0.2, 0.25) is 0 Å². The normalized spacial score (nSPS) is 21.7. The van der Waals surface area contributed by atoms with E-state index in [2.05, 4.69) is 25.8 Å². The van der Waals surface area contributed by atoms with Crippen LogP contribution in [0.3, 0.4) is 0 Å². The second-order valence-corrected chi connectivity index (χ2v) is 8.83. The fourth-order valence-electron chi connectivity index (χ4n) is 5.08. The van der Waals surface area contributed by atoms with Gasteiger partial charge >= 0.3 is 0 Å². The third-order valence-electron chi connectivity index (χ3n) is 6.85. The highest BCUT2D eigenvalue weighted by atomic mass is 16.3. The Labute approximate surface area is 186 Å². The van der Waals surface area contributed by atoms with Gasteiger partial charge in [0.05, 0.1) is 23.7 Å². The predicted molar refractivity (Wildman–Crippen MR) is 119 cm³/mol. The summed E-state index contributed by atoms with van der Waals surface area (Å²) in [6.07, 6.45) is 7.29. The first-order chi connectivity index (χ1) is 15.6. The number of hydrogen-bond acceptors (Lipinski definition) is 7. The summed E-state index contributed by atoms with van der Waals surface area (Å²) in [4.78, 5) is 38.2. The van der Waals surface area contributed by atoms with Gasteiger partial charge in [-0.05, 0) is 35.7 Å². The van der Waals surface area contributed by atoms with Crippen LogP contribution < -0.4 is 4.90 Å². The molecule has 2 fully saturated rings. The van der Waals surface area contributed by atoms with Crippen LogP contribution in [0.15, 0.2) is 47.3 Å². The molecule has 0 amide bonds. The molecule has 0 bridgehead atoms. The van der Waals surface area contributed by atoms with Crippen molar-refractivity contribution in [2.75, 3.05) is 18.0 Å². The van der Waals surface area contributed by atoms with E-state index in [0.717, 1.165) is 48.6 Å². The summed E-state index contributed by atoms with van der Waals surface area (Å²) >= 11 is 0. The van der Waals surface area contributed by atoms with Gasteiger partial charge in [-0.25, -0.2) is 0 Å². The Balaban J connectivity index is 1.15. The molecule has 0 spiro atoms. The fraction of sp³-hybridized carbons (Fsp3) is 0.360. The second kappa shape index (κ2) is 7.38. The van der Waals surface area contributed by atoms with Crippen LogP contribution in [0, 0.1) is 0 Å². The minimum absolute atomic E-state index is 0.0781. The predicted octanol–water partition coefficient (Wildman–Crippen LogP) is 3.53. The van der Waals surface area contributed by atoms with Crippen LogP contribution in [-0.4, -0.2) is 51.6 Å². The van der Waals surface area contributed by atoms with Gasteiger partial charge in [0.15, 0.2) is 17.3 Å². The van der Waals surface area contributed by atoms with Gasteiger partial charge in [-0.2, -0.15) is 0 Å². The molecule has 3 aromatic heterocycles. The summed E-state index contributed by atoms with van der Waals surface area (Å²) < 4.78 is 5.52. The van der Waals surface area contributed by atoms with Crippen LogP contribution in [0.4, 0.5) is 5.69 Å². The number of hydrogen-bond donors (Lipinski definition) is 0. The van der Waals surface area contributed by atoms with Crippen molar-refractivity contribution < 1.29 is 14.0 Å². The largest absolute Gasteiger partial charge is 0.462 e. The minimum Gasteiger partial charge on any atom is -0.462 e. The third-order valence-corrected chi connectivity index (χ3v) is 6.85. The Morgan fingerprint density at radius 1 is 1.16 bits per heavy atom. The Kier molecular flexibility index (Phi) is 4.47. The number of Topliss-reactive ketones (excluding diaryl/α,β-unsaturated/α-hetero) is 2. The van der Waals surface area contributed by atoms with E-state index < -0.39 is 0 Å². The molecule has 3 aliphatic rings. The lowest BCUT2D eigenvalue weighted by Gasteiger charge is -2.35. The SMILES string of the molecule is CCC(=O)c1ccc(N2CCN(Cc3cnc4c(c3)CC(=O)c3ccoc3-4)[C@@H]3C[C@@H]32)cn1. The molecule has 0 radical (unpaired) electrons. The van der Waals surface area contributed by atoms with Gasteiger partial charge in [0.1, 0.15) is 11.4 Å². The van der Waals surface area contributed by atoms with E-state index in [-0.39, 0.29) is 11.6 Å². The zero-order valence-corrected chi connectivity index (χ0v) is 18.0. The van der Waals surface area contributed by atoms with Crippen molar-refractivity contribution in [2.45, 2.75) is 44.8 Å². The van der Waals surface area contributed by atoms with Crippen molar-refractivity contribution in [1.82, 2.24) is 14.9 Å². The van der Waals surface area contributed by atoms with E-state index in [1.54, 1.807) is 12.3 Å². The first-order valence-corrected chi connectivity index (χ1v) is 11.2. The molecule has 2 atom stereocenters. The van der Waals surface area contributed by atoms with Crippen LogP contribution in [-0.2, 0) is 13.0 Å². The summed E-state index contributed by atoms with van der Waals surface area (Å²) in [6, 6.07) is 8.70. The number of ketones is 2. The van der Waals surface area contributed by atoms with Crippen LogP contribution >= 0.6 is 0 Å². The van der Waals surface area contributed by atoms with Crippen LogP contribution in [0.25, 0.3) is 11.5 Å². The maximum Gasteiger partial charge on any atom is 0.180 e. The number of rotatable bonds is 5. The number of furan rings is 1. The van der Waals surface area contributed by atoms with Crippen molar-refractivity contribution in [2.24, 2.45) is 0 Å². The Hall–Kier alpha value is -3.32. The van der Waals surface area contributed by atoms with E-state index in [1.807, 2.05) is 31.5 Å². The first kappa shape index (κ1) is 19.4. The molecule has 4 heterocycles. The molecule has 0 unspecified atom stereocenters. The lowest BCUT2D eigenvalue weighted by molar-refractivity contribution is 0.0978. The van der Waals surface area contributed by atoms with Gasteiger partial charge in [-0.15, -0.1) is 0 Å². The van der Waals surface area contributed by atoms with E-state index in [4.69, 9.17) is 4.42 Å². The molecule has 2 aliphatic carbocycles. The van der Waals surface area contributed by atoms with E-state index >= 15 is 0 Å². The van der Waals surface area contributed by atoms with Gasteiger partial charge in [-0.3, -0.25) is 24.5 Å². The number of anilines is 1. The Morgan fingerprint density at radius 3 is 2.88 bits per heavy atom. The molecule has 0 aromatic carbocycles. The van der Waals surface area contributed by atoms with Crippen molar-refractivity contribution >= 4 is 17.3 Å². The molecule has 3 aromatic rings. The van der Waals surface area contributed by atoms with Crippen molar-refractivity contribution in [3.05, 3.63) is 65.3 Å². The standard InChI is InChI=1S/C25H24N4O3/c1-2-22(30)19-4-3-17(13-26-19)29-7-6-28(20-11-21(20)29)14-15-9-16-10-23(31)18-5-8-32-25(18)24(16)27-12-15/h3-5,8-9,12-13,20-21H,2,6-7,10-11,14H2,1H3/t20-,21+/m1/s1. The first-order valence-electron chi connectivity index (χ1n) is 11.2. The molecule has 1 aliphatic heterocycles. The number of piperazine rings is 1. The average Bonchev–Trinajstić information content (AvgIpc) is 3.47. The topological polar surface area (TPSA) is 79.5 Å². The molecule has 162 valence electrons. The zero-order valence-electron chi connectivity index (χ0n) is 18.0. The molecule has 7 nitrogen and oxygen atoms in total. The van der Waals surface area contributed by atoms with Crippen molar-refractivity contribution in [3.8, 4) is 11.5 Å². The molecule has 32 heavy (non-hydrogen) atoms. The fourth-order valence-corrected chi connectivity index (χ4v) is 5.08. The monoisotopic (exact) mass is 428 g/mol. The lowest BCUT2D eigenvalue weighted by atomic mass is 9.93. The van der Waals surface area contributed by atoms with E-state index in [1.165, 1.54) is 0 Å². The smallest absolute Gasteiger partial charge is 0.180 e. The maximum absolute atomic E-state index is 12.4. The number of pyridine rings is 2. The number of aromatic nitrogens is 2. The number of carbonyl (C=O) groups excluding carboxylic acids is 2. The quantitative estimate of drug-likeness (QED) is 0.575. The van der Waals surface area contributed by atoms with Gasteiger partial charge in [-0.1, -0.05) is 13.0 Å². The lowest BCUT2D eigenvalue weighted by Crippen LogP contribution is -2.46. The minimum atomic E-state index is 0.0781. The molecule has 6 rings (SSSR count). The summed E-state index contributed by atoms with van der Waals surface area (Å²) in [5.74, 6) is 0.768. The molecular weight excluding hydrogens is 404 g/mol. The van der Waals surface area contributed by atoms with Gasteiger partial charge < -0.3 is 9.32 Å². The second-order valence-electron chi connectivity index (χ2n) is 8.83. The number of fused-ring (bicyclic) bond motifs is 4. The number of nitrogens with zero attached hydrogens (tertiary/aromatic N) is 4. The molecule has 0 N–H and O–H groups in total. The number of carbonyl (C=O) groups is 2. The van der Waals surface area contributed by atoms with Crippen molar-refractivity contribution in [1.29, 1.82) is 0 Å². The highest BCUT2D eigenvalue weighted by molar-refractivity contribution is 6.05. The maximum atomic E-state index is 12.4. The van der Waals surface area contributed by atoms with Gasteiger partial charge in [0, 0.05) is 50.8 Å². The van der Waals surface area contributed by atoms with E-state index in [9.17, 15) is 9.59 Å². The van der Waals surface area contributed by atoms with Crippen LogP contribution in [0.5, 0.6) is 0 Å². The van der Waals surface area contributed by atoms with E-state index in [0.29, 0.717) is 41.9 Å². The highest BCUT2D eigenvalue weighted by Crippen LogP contribution is 2.40. The van der Waals surface area contributed by atoms with Crippen LogP contribution in [0.1, 0.15) is 51.7 Å². The van der Waals surface area contributed by atoms with Gasteiger partial charge in [0.25, 0.3) is 0 Å². The Morgan fingerprint density at radius 2 is 2.06 bits per heavy atom. The molecule has 7 heteroatoms. The summed E-state index contributed by atoms with van der Waals surface area (Å²) in [5.41, 5.74) is 5.15. The summed E-state index contributed by atoms with van der Waals surface area (Å²) in [7, 11) is 0. The third kappa shape index (κ3) is 3.15. The Bertz CT molecular complexity index is 1220. The molecule has 1 saturated carbocycles. The molecular formula is C25H24N4O3. The average molecular weight is 428 g/mol. The van der Waals surface area contributed by atoms with Crippen LogP contribution in [0.2, 0.25) is 0 Å². The zero-order chi connectivity index (χ0) is 21.8. The summed E-state index contributed by atoms with van der Waals surface area (Å²) in [5, 5.41) is 0. The van der Waals surface area contributed by atoms with Crippen molar-refractivity contribution in [3.63, 3.8) is 0 Å². The summed E-state index contributed by atoms with van der Waals surface area (Å²) in [6.45, 7) is 4.57. The highest BCUT2D eigenvalue weighted by Gasteiger charge is 2.49.